The smallest absolute Gasteiger partial charge is 0.260 e. The van der Waals surface area contributed by atoms with Crippen LogP contribution in [0.2, 0.25) is 5.02 Å². The molecule has 1 heterocycles. The van der Waals surface area contributed by atoms with E-state index in [0.717, 1.165) is 29.5 Å². The third kappa shape index (κ3) is 3.59. The molecule has 1 saturated carbocycles. The van der Waals surface area contributed by atoms with Crippen LogP contribution in [0.25, 0.3) is 22.5 Å². The first-order valence-corrected chi connectivity index (χ1v) is 11.3. The van der Waals surface area contributed by atoms with E-state index in [9.17, 15) is 15.0 Å². The second kappa shape index (κ2) is 8.38. The number of aliphatic hydroxyl groups is 2. The van der Waals surface area contributed by atoms with Crippen LogP contribution < -0.4 is 14.8 Å². The molecule has 0 unspecified atom stereocenters. The van der Waals surface area contributed by atoms with Crippen molar-refractivity contribution in [1.82, 2.24) is 0 Å². The van der Waals surface area contributed by atoms with Crippen LogP contribution >= 0.6 is 11.6 Å². The molecule has 34 heavy (non-hydrogen) atoms. The molecule has 0 spiro atoms. The summed E-state index contributed by atoms with van der Waals surface area (Å²) in [6.07, 6.45) is 1.97. The number of carbonyl (C=O) groups excluding carboxylic acids is 1. The lowest BCUT2D eigenvalue weighted by atomic mass is 9.93. The van der Waals surface area contributed by atoms with Gasteiger partial charge in [-0.3, -0.25) is 4.79 Å². The molecule has 3 N–H and O–H groups in total. The van der Waals surface area contributed by atoms with Gasteiger partial charge < -0.3 is 25.0 Å². The highest BCUT2D eigenvalue weighted by Gasteiger charge is 2.43. The Labute approximate surface area is 202 Å². The number of ether oxygens (including phenoxy) is 2. The number of amides is 1. The molecule has 3 aromatic rings. The molecule has 1 aliphatic carbocycles. The summed E-state index contributed by atoms with van der Waals surface area (Å²) in [5.74, 6) is 0.333. The Balaban J connectivity index is 1.59. The quantitative estimate of drug-likeness (QED) is 0.325. The molecule has 2 aliphatic rings. The second-order valence-electron chi connectivity index (χ2n) is 8.64. The van der Waals surface area contributed by atoms with Gasteiger partial charge in [0.25, 0.3) is 5.91 Å². The molecule has 0 saturated heterocycles. The van der Waals surface area contributed by atoms with E-state index in [1.165, 1.54) is 7.11 Å². The van der Waals surface area contributed by atoms with E-state index >= 15 is 0 Å². The summed E-state index contributed by atoms with van der Waals surface area (Å²) < 4.78 is 10.6. The Hall–Kier alpha value is -3.48. The number of anilines is 1. The number of hydrogen-bond donors (Lipinski definition) is 3. The molecule has 6 nitrogen and oxygen atoms in total. The number of nitrogens with one attached hydrogen (secondary N) is 1. The lowest BCUT2D eigenvalue weighted by Gasteiger charge is -2.14. The van der Waals surface area contributed by atoms with E-state index in [1.54, 1.807) is 31.4 Å². The molecular formula is C27H24ClNO5. The Morgan fingerprint density at radius 3 is 2.38 bits per heavy atom. The van der Waals surface area contributed by atoms with Crippen LogP contribution in [0, 0.1) is 0 Å². The third-order valence-corrected chi connectivity index (χ3v) is 7.03. The number of benzene rings is 3. The van der Waals surface area contributed by atoms with Crippen molar-refractivity contribution < 1.29 is 24.5 Å². The van der Waals surface area contributed by atoms with Crippen molar-refractivity contribution in [2.45, 2.75) is 18.3 Å². The van der Waals surface area contributed by atoms with Crippen LogP contribution in [-0.4, -0.2) is 36.9 Å². The Morgan fingerprint density at radius 2 is 1.76 bits per heavy atom. The third-order valence-electron chi connectivity index (χ3n) is 6.72. The Bertz CT molecular complexity index is 1330. The van der Waals surface area contributed by atoms with Gasteiger partial charge in [-0.05, 0) is 48.2 Å². The zero-order valence-corrected chi connectivity index (χ0v) is 19.6. The maximum Gasteiger partial charge on any atom is 0.260 e. The fourth-order valence-electron chi connectivity index (χ4n) is 4.47. The summed E-state index contributed by atoms with van der Waals surface area (Å²) in [6, 6.07) is 16.5. The highest BCUT2D eigenvalue weighted by Crippen LogP contribution is 2.48. The van der Waals surface area contributed by atoms with Gasteiger partial charge >= 0.3 is 0 Å². The minimum Gasteiger partial charge on any atom is -0.506 e. The van der Waals surface area contributed by atoms with Crippen molar-refractivity contribution in [3.05, 3.63) is 76.3 Å². The molecular weight excluding hydrogens is 454 g/mol. The first-order valence-electron chi connectivity index (χ1n) is 10.9. The van der Waals surface area contributed by atoms with E-state index in [4.69, 9.17) is 21.1 Å². The molecule has 5 rings (SSSR count). The summed E-state index contributed by atoms with van der Waals surface area (Å²) >= 11 is 6.58. The standard InChI is InChI=1S/C27H24ClNO5/c1-33-17-7-8-18(23(11-17)34-2)25(31)24-20-12-19(21(28)13-22(20)29-26(24)32)15-3-5-16(6-4-15)27(14-30)9-10-27/h3-8,11-13,30-31H,9-10,14H2,1-2H3,(H,29,32). The fourth-order valence-corrected chi connectivity index (χ4v) is 4.74. The van der Waals surface area contributed by atoms with E-state index in [-0.39, 0.29) is 23.4 Å². The SMILES string of the molecule is COc1ccc(C(O)=C2C(=O)Nc3cc(Cl)c(-c4ccc(C5(CO)CC5)cc4)cc32)c(OC)c1. The molecule has 0 atom stereocenters. The molecule has 1 fully saturated rings. The first kappa shape index (κ1) is 22.3. The molecule has 7 heteroatoms. The van der Waals surface area contributed by atoms with Gasteiger partial charge in [0.15, 0.2) is 0 Å². The zero-order valence-electron chi connectivity index (χ0n) is 18.8. The van der Waals surface area contributed by atoms with Gasteiger partial charge in [0.05, 0.1) is 42.7 Å². The lowest BCUT2D eigenvalue weighted by Crippen LogP contribution is -2.11. The van der Waals surface area contributed by atoms with E-state index in [1.807, 2.05) is 30.3 Å². The number of methoxy groups -OCH3 is 2. The van der Waals surface area contributed by atoms with Crippen molar-refractivity contribution in [2.24, 2.45) is 0 Å². The molecule has 174 valence electrons. The van der Waals surface area contributed by atoms with Crippen molar-refractivity contribution in [3.63, 3.8) is 0 Å². The second-order valence-corrected chi connectivity index (χ2v) is 9.04. The summed E-state index contributed by atoms with van der Waals surface area (Å²) in [5.41, 5.74) is 4.22. The molecule has 0 bridgehead atoms. The average Bonchev–Trinajstić information content (AvgIpc) is 3.60. The van der Waals surface area contributed by atoms with Crippen LogP contribution in [0.5, 0.6) is 11.5 Å². The highest BCUT2D eigenvalue weighted by atomic mass is 35.5. The topological polar surface area (TPSA) is 88.0 Å². The number of fused-ring (bicyclic) bond motifs is 1. The van der Waals surface area contributed by atoms with Gasteiger partial charge in [-0.15, -0.1) is 0 Å². The van der Waals surface area contributed by atoms with Crippen LogP contribution in [0.1, 0.15) is 29.5 Å². The summed E-state index contributed by atoms with van der Waals surface area (Å²) in [5, 5.41) is 24.1. The molecule has 0 radical (unpaired) electrons. The van der Waals surface area contributed by atoms with Gasteiger partial charge in [0.1, 0.15) is 17.3 Å². The molecule has 1 amide bonds. The van der Waals surface area contributed by atoms with Crippen molar-refractivity contribution >= 4 is 34.5 Å². The van der Waals surface area contributed by atoms with Crippen molar-refractivity contribution in [3.8, 4) is 22.6 Å². The van der Waals surface area contributed by atoms with Crippen molar-refractivity contribution in [2.75, 3.05) is 26.1 Å². The normalized spacial score (nSPS) is 17.1. The molecule has 0 aromatic heterocycles. The maximum absolute atomic E-state index is 12.9. The zero-order chi connectivity index (χ0) is 24.0. The van der Waals surface area contributed by atoms with E-state index in [0.29, 0.717) is 33.3 Å². The Kier molecular flexibility index (Phi) is 5.50. The summed E-state index contributed by atoms with van der Waals surface area (Å²) in [4.78, 5) is 12.9. The monoisotopic (exact) mass is 477 g/mol. The average molecular weight is 478 g/mol. The number of hydrogen-bond acceptors (Lipinski definition) is 5. The number of halogens is 1. The first-order chi connectivity index (χ1) is 16.4. The predicted octanol–water partition coefficient (Wildman–Crippen LogP) is 5.43. The minimum absolute atomic E-state index is 0.115. The van der Waals surface area contributed by atoms with Gasteiger partial charge in [0.2, 0.25) is 0 Å². The van der Waals surface area contributed by atoms with Crippen LogP contribution in [-0.2, 0) is 10.2 Å². The van der Waals surface area contributed by atoms with Crippen LogP contribution in [0.4, 0.5) is 5.69 Å². The van der Waals surface area contributed by atoms with Crippen LogP contribution in [0.15, 0.2) is 54.6 Å². The van der Waals surface area contributed by atoms with Gasteiger partial charge in [-0.1, -0.05) is 35.9 Å². The summed E-state index contributed by atoms with van der Waals surface area (Å²) in [7, 11) is 3.03. The van der Waals surface area contributed by atoms with Crippen LogP contribution in [0.3, 0.4) is 0 Å². The van der Waals surface area contributed by atoms with Gasteiger partial charge in [-0.2, -0.15) is 0 Å². The van der Waals surface area contributed by atoms with E-state index in [2.05, 4.69) is 5.32 Å². The minimum atomic E-state index is -0.424. The predicted molar refractivity (Wildman–Crippen MR) is 133 cm³/mol. The number of carbonyl (C=O) groups is 1. The fraction of sp³-hybridized carbons (Fsp3) is 0.222. The number of aliphatic hydroxyl groups excluding tert-OH is 2. The molecule has 1 aliphatic heterocycles. The highest BCUT2D eigenvalue weighted by molar-refractivity contribution is 6.38. The van der Waals surface area contributed by atoms with Gasteiger partial charge in [0, 0.05) is 22.6 Å². The van der Waals surface area contributed by atoms with Gasteiger partial charge in [-0.25, -0.2) is 0 Å². The van der Waals surface area contributed by atoms with Crippen molar-refractivity contribution in [1.29, 1.82) is 0 Å². The lowest BCUT2D eigenvalue weighted by molar-refractivity contribution is -0.110. The molecule has 3 aromatic carbocycles. The maximum atomic E-state index is 12.9. The largest absolute Gasteiger partial charge is 0.506 e. The number of rotatable bonds is 6. The van der Waals surface area contributed by atoms with E-state index < -0.39 is 5.91 Å². The Morgan fingerprint density at radius 1 is 1.03 bits per heavy atom. The summed E-state index contributed by atoms with van der Waals surface area (Å²) in [6.45, 7) is 0.141.